The van der Waals surface area contributed by atoms with Crippen LogP contribution in [-0.4, -0.2) is 0 Å². The number of nitrogens with two attached hydrogens (primary N) is 1. The van der Waals surface area contributed by atoms with Crippen molar-refractivity contribution in [1.82, 2.24) is 0 Å². The SMILES string of the molecule is NC1C2=C(CCCC2)N(OCc2ccco2)c2cc(C(F)(F)F)ccc21. The van der Waals surface area contributed by atoms with Crippen LogP contribution in [0.3, 0.4) is 0 Å². The number of rotatable bonds is 3. The lowest BCUT2D eigenvalue weighted by atomic mass is 9.84. The minimum Gasteiger partial charge on any atom is -0.467 e. The molecule has 1 aliphatic heterocycles. The monoisotopic (exact) mass is 364 g/mol. The van der Waals surface area contributed by atoms with Crippen LogP contribution in [0.4, 0.5) is 18.9 Å². The van der Waals surface area contributed by atoms with Gasteiger partial charge in [0.25, 0.3) is 0 Å². The number of hydrogen-bond donors (Lipinski definition) is 1. The molecule has 0 spiro atoms. The second-order valence-corrected chi connectivity index (χ2v) is 6.58. The molecule has 1 aromatic carbocycles. The fraction of sp³-hybridized carbons (Fsp3) is 0.368. The van der Waals surface area contributed by atoms with Gasteiger partial charge in [0, 0.05) is 5.70 Å². The van der Waals surface area contributed by atoms with Crippen LogP contribution in [0.2, 0.25) is 0 Å². The summed E-state index contributed by atoms with van der Waals surface area (Å²) in [5.41, 5.74) is 8.59. The average molecular weight is 364 g/mol. The highest BCUT2D eigenvalue weighted by molar-refractivity contribution is 5.64. The zero-order chi connectivity index (χ0) is 18.3. The number of hydrogen-bond acceptors (Lipinski definition) is 4. The van der Waals surface area contributed by atoms with Crippen molar-refractivity contribution < 1.29 is 22.4 Å². The van der Waals surface area contributed by atoms with Gasteiger partial charge in [0.2, 0.25) is 0 Å². The van der Waals surface area contributed by atoms with E-state index in [0.717, 1.165) is 49.1 Å². The number of furan rings is 1. The van der Waals surface area contributed by atoms with Crippen molar-refractivity contribution in [2.24, 2.45) is 5.73 Å². The van der Waals surface area contributed by atoms with E-state index >= 15 is 0 Å². The molecule has 1 unspecified atom stereocenters. The zero-order valence-electron chi connectivity index (χ0n) is 14.1. The molecule has 2 aromatic rings. The van der Waals surface area contributed by atoms with Crippen molar-refractivity contribution in [1.29, 1.82) is 0 Å². The molecule has 2 N–H and O–H groups in total. The third kappa shape index (κ3) is 3.01. The van der Waals surface area contributed by atoms with Crippen LogP contribution in [0.5, 0.6) is 0 Å². The minimum absolute atomic E-state index is 0.134. The molecular weight excluding hydrogens is 345 g/mol. The number of nitrogens with zero attached hydrogens (tertiary/aromatic N) is 1. The lowest BCUT2D eigenvalue weighted by molar-refractivity contribution is -0.137. The van der Waals surface area contributed by atoms with Crippen LogP contribution in [0.15, 0.2) is 52.3 Å². The quantitative estimate of drug-likeness (QED) is 0.825. The van der Waals surface area contributed by atoms with Crippen molar-refractivity contribution >= 4 is 5.69 Å². The summed E-state index contributed by atoms with van der Waals surface area (Å²) in [5.74, 6) is 0.603. The first-order valence-corrected chi connectivity index (χ1v) is 8.59. The van der Waals surface area contributed by atoms with Crippen LogP contribution in [-0.2, 0) is 17.6 Å². The summed E-state index contributed by atoms with van der Waals surface area (Å²) in [7, 11) is 0. The Labute approximate surface area is 149 Å². The van der Waals surface area contributed by atoms with E-state index in [1.54, 1.807) is 12.1 Å². The molecule has 7 heteroatoms. The number of hydroxylamine groups is 1. The Hall–Kier alpha value is -2.25. The molecule has 1 aromatic heterocycles. The van der Waals surface area contributed by atoms with Gasteiger partial charge in [-0.05, 0) is 61.1 Å². The van der Waals surface area contributed by atoms with Crippen molar-refractivity contribution in [3.63, 3.8) is 0 Å². The number of alkyl halides is 3. The van der Waals surface area contributed by atoms with Gasteiger partial charge < -0.3 is 10.2 Å². The first-order valence-electron chi connectivity index (χ1n) is 8.59. The van der Waals surface area contributed by atoms with E-state index in [1.165, 1.54) is 17.4 Å². The van der Waals surface area contributed by atoms with Crippen molar-refractivity contribution in [2.75, 3.05) is 5.06 Å². The Kier molecular flexibility index (Phi) is 4.28. The fourth-order valence-electron chi connectivity index (χ4n) is 3.64. The second kappa shape index (κ2) is 6.48. The molecule has 2 aliphatic rings. The van der Waals surface area contributed by atoms with Gasteiger partial charge in [-0.2, -0.15) is 13.2 Å². The first-order chi connectivity index (χ1) is 12.4. The molecule has 4 rings (SSSR count). The van der Waals surface area contributed by atoms with E-state index < -0.39 is 17.8 Å². The van der Waals surface area contributed by atoms with Crippen LogP contribution in [0.1, 0.15) is 48.6 Å². The molecule has 1 aliphatic carbocycles. The van der Waals surface area contributed by atoms with Crippen LogP contribution in [0, 0.1) is 0 Å². The van der Waals surface area contributed by atoms with Crippen molar-refractivity contribution in [3.8, 4) is 0 Å². The van der Waals surface area contributed by atoms with Crippen molar-refractivity contribution in [3.05, 3.63) is 64.8 Å². The fourth-order valence-corrected chi connectivity index (χ4v) is 3.64. The van der Waals surface area contributed by atoms with Crippen LogP contribution >= 0.6 is 0 Å². The molecule has 4 nitrogen and oxygen atoms in total. The Morgan fingerprint density at radius 2 is 2.00 bits per heavy atom. The van der Waals surface area contributed by atoms with E-state index in [0.29, 0.717) is 17.0 Å². The maximum absolute atomic E-state index is 13.2. The highest BCUT2D eigenvalue weighted by Crippen LogP contribution is 2.46. The van der Waals surface area contributed by atoms with E-state index in [4.69, 9.17) is 15.0 Å². The van der Waals surface area contributed by atoms with E-state index in [2.05, 4.69) is 0 Å². The largest absolute Gasteiger partial charge is 0.467 e. The molecule has 2 heterocycles. The maximum atomic E-state index is 13.2. The lowest BCUT2D eigenvalue weighted by Crippen LogP contribution is -2.34. The van der Waals surface area contributed by atoms with Crippen molar-refractivity contribution in [2.45, 2.75) is 44.5 Å². The van der Waals surface area contributed by atoms with Gasteiger partial charge in [-0.1, -0.05) is 6.07 Å². The minimum atomic E-state index is -4.42. The van der Waals surface area contributed by atoms with Gasteiger partial charge in [0.15, 0.2) is 0 Å². The van der Waals surface area contributed by atoms with E-state index in [1.807, 2.05) is 0 Å². The molecule has 1 atom stereocenters. The molecule has 138 valence electrons. The molecule has 0 radical (unpaired) electrons. The first kappa shape index (κ1) is 17.2. The normalized spacial score (nSPS) is 20.2. The molecule has 0 amide bonds. The molecule has 0 fully saturated rings. The Morgan fingerprint density at radius 1 is 1.19 bits per heavy atom. The second-order valence-electron chi connectivity index (χ2n) is 6.58. The van der Waals surface area contributed by atoms with Gasteiger partial charge in [-0.15, -0.1) is 0 Å². The molecular formula is C19H19F3N2O2. The predicted octanol–water partition coefficient (Wildman–Crippen LogP) is 5.08. The van der Waals surface area contributed by atoms with Gasteiger partial charge in [-0.25, -0.2) is 5.06 Å². The highest BCUT2D eigenvalue weighted by Gasteiger charge is 2.37. The number of fused-ring (bicyclic) bond motifs is 1. The summed E-state index contributed by atoms with van der Waals surface area (Å²) in [5, 5.41) is 1.53. The number of allylic oxidation sites excluding steroid dienone is 1. The third-order valence-electron chi connectivity index (χ3n) is 4.93. The van der Waals surface area contributed by atoms with E-state index in [9.17, 15) is 13.2 Å². The van der Waals surface area contributed by atoms with Gasteiger partial charge in [0.05, 0.1) is 23.6 Å². The summed E-state index contributed by atoms with van der Waals surface area (Å²) >= 11 is 0. The third-order valence-corrected chi connectivity index (χ3v) is 4.93. The van der Waals surface area contributed by atoms with Crippen LogP contribution < -0.4 is 10.8 Å². The van der Waals surface area contributed by atoms with Crippen LogP contribution in [0.25, 0.3) is 0 Å². The predicted molar refractivity (Wildman–Crippen MR) is 89.8 cm³/mol. The highest BCUT2D eigenvalue weighted by atomic mass is 19.4. The van der Waals surface area contributed by atoms with Gasteiger partial charge in [0.1, 0.15) is 12.4 Å². The zero-order valence-corrected chi connectivity index (χ0v) is 14.1. The Morgan fingerprint density at radius 3 is 2.73 bits per heavy atom. The smallest absolute Gasteiger partial charge is 0.416 e. The maximum Gasteiger partial charge on any atom is 0.416 e. The number of halogens is 3. The summed E-state index contributed by atoms with van der Waals surface area (Å²) in [4.78, 5) is 5.90. The Bertz CT molecular complexity index is 828. The molecule has 26 heavy (non-hydrogen) atoms. The van der Waals surface area contributed by atoms with Gasteiger partial charge >= 0.3 is 6.18 Å². The summed E-state index contributed by atoms with van der Waals surface area (Å²) in [6, 6.07) is 6.77. The topological polar surface area (TPSA) is 51.6 Å². The number of benzene rings is 1. The molecule has 0 saturated carbocycles. The lowest BCUT2D eigenvalue weighted by Gasteiger charge is -2.39. The van der Waals surface area contributed by atoms with E-state index in [-0.39, 0.29) is 6.61 Å². The summed E-state index contributed by atoms with van der Waals surface area (Å²) < 4.78 is 44.9. The standard InChI is InChI=1S/C19H19F3N2O2/c20-19(21,22)12-7-8-15-17(10-12)24(26-11-13-4-3-9-25-13)16-6-2-1-5-14(16)18(15)23/h3-4,7-10,18H,1-2,5-6,11,23H2. The summed E-state index contributed by atoms with van der Waals surface area (Å²) in [6.45, 7) is 0.134. The Balaban J connectivity index is 1.76. The average Bonchev–Trinajstić information content (AvgIpc) is 3.14. The molecule has 0 bridgehead atoms. The number of anilines is 1. The summed E-state index contributed by atoms with van der Waals surface area (Å²) in [6.07, 6.45) is 0.655. The molecule has 0 saturated heterocycles. The van der Waals surface area contributed by atoms with Gasteiger partial charge in [-0.3, -0.25) is 4.84 Å².